The first kappa shape index (κ1) is 15.1. The molecule has 21 heavy (non-hydrogen) atoms. The van der Waals surface area contributed by atoms with Crippen molar-refractivity contribution in [2.45, 2.75) is 13.1 Å². The van der Waals surface area contributed by atoms with E-state index in [0.29, 0.717) is 13.2 Å². The van der Waals surface area contributed by atoms with Gasteiger partial charge in [-0.1, -0.05) is 42.5 Å². The summed E-state index contributed by atoms with van der Waals surface area (Å²) in [5.41, 5.74) is 2.26. The molecular formula is C18H20N2O. The summed E-state index contributed by atoms with van der Waals surface area (Å²) in [4.78, 5) is 5.65. The van der Waals surface area contributed by atoms with Gasteiger partial charge in [0.05, 0.1) is 5.56 Å². The minimum atomic E-state index is 0.371. The number of benzene rings is 2. The van der Waals surface area contributed by atoms with Crippen molar-refractivity contribution in [1.29, 1.82) is 0 Å². The molecule has 0 unspecified atom stereocenters. The van der Waals surface area contributed by atoms with E-state index < -0.39 is 0 Å². The largest absolute Gasteiger partial charge is 0.492 e. The Morgan fingerprint density at radius 3 is 2.52 bits per heavy atom. The van der Waals surface area contributed by atoms with Gasteiger partial charge in [-0.3, -0.25) is 4.90 Å². The van der Waals surface area contributed by atoms with Crippen molar-refractivity contribution in [2.24, 2.45) is 0 Å². The summed E-state index contributed by atoms with van der Waals surface area (Å²) in [7, 11) is 2.08. The lowest BCUT2D eigenvalue weighted by Crippen LogP contribution is -2.24. The molecule has 0 aliphatic carbocycles. The number of hydrogen-bond acceptors (Lipinski definition) is 2. The Hall–Kier alpha value is -2.31. The Labute approximate surface area is 126 Å². The van der Waals surface area contributed by atoms with Crippen LogP contribution in [0.5, 0.6) is 5.75 Å². The minimum Gasteiger partial charge on any atom is -0.492 e. The summed E-state index contributed by atoms with van der Waals surface area (Å²) >= 11 is 0. The van der Waals surface area contributed by atoms with Crippen molar-refractivity contribution in [1.82, 2.24) is 4.90 Å². The standard InChI is InChI=1S/C18H20N2O/c1-19-14-17-10-6-7-11-18(17)21-13-12-20(2)15-16-8-4-3-5-9-16/h3-11H,12-15H2,2H3. The lowest BCUT2D eigenvalue weighted by Gasteiger charge is -2.17. The van der Waals surface area contributed by atoms with Crippen molar-refractivity contribution in [3.63, 3.8) is 0 Å². The molecule has 0 saturated heterocycles. The van der Waals surface area contributed by atoms with Gasteiger partial charge in [-0.15, -0.1) is 0 Å². The fourth-order valence-corrected chi connectivity index (χ4v) is 2.15. The average Bonchev–Trinajstić information content (AvgIpc) is 2.50. The Morgan fingerprint density at radius 1 is 1.05 bits per heavy atom. The molecule has 3 nitrogen and oxygen atoms in total. The molecule has 0 saturated carbocycles. The third kappa shape index (κ3) is 4.94. The van der Waals surface area contributed by atoms with E-state index in [4.69, 9.17) is 11.3 Å². The summed E-state index contributed by atoms with van der Waals surface area (Å²) in [5.74, 6) is 0.821. The summed E-state index contributed by atoms with van der Waals surface area (Å²) < 4.78 is 5.81. The summed E-state index contributed by atoms with van der Waals surface area (Å²) in [6.45, 7) is 9.72. The van der Waals surface area contributed by atoms with Gasteiger partial charge in [0.25, 0.3) is 0 Å². The molecule has 0 spiro atoms. The molecule has 3 heteroatoms. The lowest BCUT2D eigenvalue weighted by atomic mass is 10.2. The minimum absolute atomic E-state index is 0.371. The average molecular weight is 280 g/mol. The van der Waals surface area contributed by atoms with Crippen molar-refractivity contribution >= 4 is 0 Å². The highest BCUT2D eigenvalue weighted by atomic mass is 16.5. The molecule has 2 rings (SSSR count). The van der Waals surface area contributed by atoms with Crippen LogP contribution < -0.4 is 4.74 Å². The zero-order chi connectivity index (χ0) is 14.9. The van der Waals surface area contributed by atoms with Crippen LogP contribution in [-0.2, 0) is 13.1 Å². The first-order valence-electron chi connectivity index (χ1n) is 7.06. The second kappa shape index (κ2) is 8.08. The third-order valence-electron chi connectivity index (χ3n) is 3.25. The van der Waals surface area contributed by atoms with E-state index >= 15 is 0 Å². The highest BCUT2D eigenvalue weighted by Crippen LogP contribution is 2.18. The van der Waals surface area contributed by atoms with E-state index in [9.17, 15) is 0 Å². The highest BCUT2D eigenvalue weighted by Gasteiger charge is 2.06. The Bertz CT molecular complexity index is 590. The molecule has 0 radical (unpaired) electrons. The number of ether oxygens (including phenoxy) is 1. The van der Waals surface area contributed by atoms with Crippen LogP contribution in [0.1, 0.15) is 11.1 Å². The van der Waals surface area contributed by atoms with Crippen LogP contribution in [0.2, 0.25) is 0 Å². The Kier molecular flexibility index (Phi) is 5.81. The molecule has 0 aromatic heterocycles. The van der Waals surface area contributed by atoms with Crippen LogP contribution in [0.25, 0.3) is 4.85 Å². The SMILES string of the molecule is [C-]#[N+]Cc1ccccc1OCCN(C)Cc1ccccc1. The van der Waals surface area contributed by atoms with Gasteiger partial charge in [0.2, 0.25) is 6.54 Å². The lowest BCUT2D eigenvalue weighted by molar-refractivity contribution is 0.231. The van der Waals surface area contributed by atoms with Gasteiger partial charge in [0, 0.05) is 13.1 Å². The Morgan fingerprint density at radius 2 is 1.76 bits per heavy atom. The van der Waals surface area contributed by atoms with Gasteiger partial charge < -0.3 is 9.58 Å². The fourth-order valence-electron chi connectivity index (χ4n) is 2.15. The molecular weight excluding hydrogens is 260 g/mol. The normalized spacial score (nSPS) is 10.3. The molecule has 108 valence electrons. The number of nitrogens with zero attached hydrogens (tertiary/aromatic N) is 2. The molecule has 0 aliphatic rings. The first-order chi connectivity index (χ1) is 10.3. The van der Waals surface area contributed by atoms with Gasteiger partial charge in [-0.05, 0) is 24.7 Å². The summed E-state index contributed by atoms with van der Waals surface area (Å²) in [6, 6.07) is 18.1. The van der Waals surface area contributed by atoms with Gasteiger partial charge in [-0.25, -0.2) is 6.57 Å². The zero-order valence-electron chi connectivity index (χ0n) is 12.3. The second-order valence-electron chi connectivity index (χ2n) is 5.00. The fraction of sp³-hybridized carbons (Fsp3) is 0.278. The predicted octanol–water partition coefficient (Wildman–Crippen LogP) is 3.62. The van der Waals surface area contributed by atoms with Gasteiger partial charge in [0.1, 0.15) is 12.4 Å². The molecule has 0 amide bonds. The van der Waals surface area contributed by atoms with Gasteiger partial charge >= 0.3 is 0 Å². The van der Waals surface area contributed by atoms with E-state index in [-0.39, 0.29) is 0 Å². The van der Waals surface area contributed by atoms with Gasteiger partial charge in [0.15, 0.2) is 0 Å². The van der Waals surface area contributed by atoms with Crippen LogP contribution in [0, 0.1) is 6.57 Å². The van der Waals surface area contributed by atoms with Crippen LogP contribution >= 0.6 is 0 Å². The van der Waals surface area contributed by atoms with Crippen molar-refractivity contribution in [2.75, 3.05) is 20.2 Å². The summed E-state index contributed by atoms with van der Waals surface area (Å²) in [6.07, 6.45) is 0. The number of hydrogen-bond donors (Lipinski definition) is 0. The van der Waals surface area contributed by atoms with Crippen LogP contribution in [0.3, 0.4) is 0 Å². The second-order valence-corrected chi connectivity index (χ2v) is 5.00. The van der Waals surface area contributed by atoms with Gasteiger partial charge in [-0.2, -0.15) is 0 Å². The number of rotatable bonds is 7. The maximum Gasteiger partial charge on any atom is 0.243 e. The van der Waals surface area contributed by atoms with Crippen molar-refractivity contribution in [3.05, 3.63) is 77.1 Å². The highest BCUT2D eigenvalue weighted by molar-refractivity contribution is 5.34. The molecule has 0 heterocycles. The van der Waals surface area contributed by atoms with Crippen LogP contribution in [-0.4, -0.2) is 25.1 Å². The number of para-hydroxylation sites is 1. The zero-order valence-corrected chi connectivity index (χ0v) is 12.3. The summed E-state index contributed by atoms with van der Waals surface area (Å²) in [5, 5.41) is 0. The van der Waals surface area contributed by atoms with E-state index in [0.717, 1.165) is 24.4 Å². The van der Waals surface area contributed by atoms with E-state index in [2.05, 4.69) is 41.1 Å². The van der Waals surface area contributed by atoms with E-state index in [1.807, 2.05) is 30.3 Å². The van der Waals surface area contributed by atoms with Crippen LogP contribution in [0.15, 0.2) is 54.6 Å². The molecule has 0 N–H and O–H groups in total. The number of likely N-dealkylation sites (N-methyl/N-ethyl adjacent to an activating group) is 1. The van der Waals surface area contributed by atoms with Crippen molar-refractivity contribution in [3.8, 4) is 5.75 Å². The molecule has 0 aliphatic heterocycles. The first-order valence-corrected chi connectivity index (χ1v) is 7.06. The third-order valence-corrected chi connectivity index (χ3v) is 3.25. The molecule has 0 fully saturated rings. The van der Waals surface area contributed by atoms with E-state index in [1.54, 1.807) is 0 Å². The maximum atomic E-state index is 6.97. The predicted molar refractivity (Wildman–Crippen MR) is 85.0 cm³/mol. The Balaban J connectivity index is 1.80. The van der Waals surface area contributed by atoms with Crippen molar-refractivity contribution < 1.29 is 4.74 Å². The van der Waals surface area contributed by atoms with Crippen LogP contribution in [0.4, 0.5) is 0 Å². The monoisotopic (exact) mass is 280 g/mol. The topological polar surface area (TPSA) is 16.8 Å². The maximum absolute atomic E-state index is 6.97. The molecule has 2 aromatic carbocycles. The molecule has 0 atom stereocenters. The van der Waals surface area contributed by atoms with E-state index in [1.165, 1.54) is 5.56 Å². The molecule has 0 bridgehead atoms. The smallest absolute Gasteiger partial charge is 0.243 e. The quantitative estimate of drug-likeness (QED) is 0.721. The molecule has 2 aromatic rings.